The number of rotatable bonds is 4. The first-order valence-electron chi connectivity index (χ1n) is 9.49. The number of halogens is 1. The van der Waals surface area contributed by atoms with Crippen LogP contribution in [0.1, 0.15) is 31.0 Å². The molecular formula is C23H19BrN2O3S. The van der Waals surface area contributed by atoms with E-state index >= 15 is 0 Å². The van der Waals surface area contributed by atoms with Gasteiger partial charge in [0, 0.05) is 4.47 Å². The minimum atomic E-state index is -0.578. The molecule has 4 rings (SSSR count). The summed E-state index contributed by atoms with van der Waals surface area (Å²) in [7, 11) is 0. The molecule has 1 atom stereocenters. The van der Waals surface area contributed by atoms with Crippen molar-refractivity contribution in [2.45, 2.75) is 19.9 Å². The van der Waals surface area contributed by atoms with Crippen LogP contribution in [-0.2, 0) is 9.53 Å². The number of benzene rings is 2. The fourth-order valence-corrected chi connectivity index (χ4v) is 4.95. The lowest BCUT2D eigenvalue weighted by Crippen LogP contribution is -2.39. The summed E-state index contributed by atoms with van der Waals surface area (Å²) in [6.45, 7) is 3.80. The summed E-state index contributed by atoms with van der Waals surface area (Å²) >= 11 is 4.78. The fraction of sp³-hybridized carbons (Fsp3) is 0.174. The van der Waals surface area contributed by atoms with E-state index < -0.39 is 12.0 Å². The lowest BCUT2D eigenvalue weighted by Gasteiger charge is -2.24. The maximum Gasteiger partial charge on any atom is 0.338 e. The average molecular weight is 483 g/mol. The van der Waals surface area contributed by atoms with Crippen LogP contribution in [0.5, 0.6) is 0 Å². The summed E-state index contributed by atoms with van der Waals surface area (Å²) < 4.78 is 8.39. The van der Waals surface area contributed by atoms with Crippen molar-refractivity contribution in [3.8, 4) is 0 Å². The van der Waals surface area contributed by atoms with Gasteiger partial charge >= 0.3 is 5.97 Å². The molecule has 0 unspecified atom stereocenters. The average Bonchev–Trinajstić information content (AvgIpc) is 3.02. The minimum Gasteiger partial charge on any atom is -0.463 e. The molecule has 0 bridgehead atoms. The molecule has 2 aromatic carbocycles. The van der Waals surface area contributed by atoms with Crippen LogP contribution in [-0.4, -0.2) is 17.1 Å². The number of aromatic nitrogens is 1. The molecule has 0 radical (unpaired) electrons. The van der Waals surface area contributed by atoms with Crippen LogP contribution in [0.15, 0.2) is 80.1 Å². The third kappa shape index (κ3) is 3.82. The number of ether oxygens (including phenoxy) is 1. The molecule has 1 aromatic heterocycles. The Morgan fingerprint density at radius 3 is 2.70 bits per heavy atom. The molecule has 152 valence electrons. The van der Waals surface area contributed by atoms with Crippen LogP contribution in [0.3, 0.4) is 0 Å². The number of carbonyl (C=O) groups is 1. The van der Waals surface area contributed by atoms with Crippen molar-refractivity contribution in [2.24, 2.45) is 4.99 Å². The van der Waals surface area contributed by atoms with Gasteiger partial charge in [0.05, 0.1) is 28.5 Å². The topological polar surface area (TPSA) is 60.7 Å². The van der Waals surface area contributed by atoms with Gasteiger partial charge in [0.2, 0.25) is 0 Å². The molecule has 5 nitrogen and oxygen atoms in total. The van der Waals surface area contributed by atoms with Gasteiger partial charge in [-0.3, -0.25) is 9.36 Å². The monoisotopic (exact) mass is 482 g/mol. The molecule has 2 heterocycles. The number of esters is 1. The Morgan fingerprint density at radius 1 is 1.23 bits per heavy atom. The van der Waals surface area contributed by atoms with Crippen molar-refractivity contribution >= 4 is 39.3 Å². The molecule has 7 heteroatoms. The summed E-state index contributed by atoms with van der Waals surface area (Å²) in [6.07, 6.45) is 1.85. The molecule has 0 spiro atoms. The SMILES string of the molecule is CCOC(=O)C1=C(C)N=c2s/c(=C\c3cccc(Br)c3)c(=O)n2[C@H]1c1ccccc1. The normalized spacial score (nSPS) is 16.2. The number of hydrogen-bond donors (Lipinski definition) is 0. The lowest BCUT2D eigenvalue weighted by atomic mass is 9.96. The maximum absolute atomic E-state index is 13.4. The number of hydrogen-bond acceptors (Lipinski definition) is 5. The van der Waals surface area contributed by atoms with Gasteiger partial charge in [-0.25, -0.2) is 9.79 Å². The standard InChI is InChI=1S/C23H19BrN2O3S/c1-3-29-22(28)19-14(2)25-23-26(20(19)16-9-5-4-6-10-16)21(27)18(30-23)13-15-8-7-11-17(24)12-15/h4-13,20H,3H2,1-2H3/b18-13-/t20-/m0/s1. The smallest absolute Gasteiger partial charge is 0.338 e. The van der Waals surface area contributed by atoms with Crippen LogP contribution in [0, 0.1) is 0 Å². The molecule has 0 aliphatic carbocycles. The minimum absolute atomic E-state index is 0.179. The summed E-state index contributed by atoms with van der Waals surface area (Å²) in [5, 5.41) is 0. The summed E-state index contributed by atoms with van der Waals surface area (Å²) in [5.41, 5.74) is 2.53. The summed E-state index contributed by atoms with van der Waals surface area (Å²) in [4.78, 5) is 31.3. The maximum atomic E-state index is 13.4. The predicted molar refractivity (Wildman–Crippen MR) is 121 cm³/mol. The first kappa shape index (κ1) is 20.5. The molecule has 0 amide bonds. The van der Waals surface area contributed by atoms with Crippen LogP contribution in [0.25, 0.3) is 6.08 Å². The predicted octanol–water partition coefficient (Wildman–Crippen LogP) is 3.56. The zero-order valence-electron chi connectivity index (χ0n) is 16.5. The molecule has 3 aromatic rings. The van der Waals surface area contributed by atoms with Crippen LogP contribution < -0.4 is 14.9 Å². The van der Waals surface area contributed by atoms with E-state index in [2.05, 4.69) is 20.9 Å². The molecule has 1 aliphatic heterocycles. The molecule has 1 aliphatic rings. The van der Waals surface area contributed by atoms with E-state index in [-0.39, 0.29) is 12.2 Å². The molecule has 0 saturated heterocycles. The van der Waals surface area contributed by atoms with E-state index in [1.165, 1.54) is 11.3 Å². The number of allylic oxidation sites excluding steroid dienone is 1. The molecular weight excluding hydrogens is 464 g/mol. The highest BCUT2D eigenvalue weighted by atomic mass is 79.9. The van der Waals surface area contributed by atoms with Crippen molar-refractivity contribution in [3.05, 3.63) is 101 Å². The second kappa shape index (κ2) is 8.53. The number of nitrogens with zero attached hydrogens (tertiary/aromatic N) is 2. The highest BCUT2D eigenvalue weighted by Gasteiger charge is 2.33. The Balaban J connectivity index is 1.96. The third-order valence-corrected chi connectivity index (χ3v) is 6.25. The van der Waals surface area contributed by atoms with Crippen molar-refractivity contribution in [1.29, 1.82) is 0 Å². The summed E-state index contributed by atoms with van der Waals surface area (Å²) in [5.74, 6) is -0.450. The fourth-order valence-electron chi connectivity index (χ4n) is 3.49. The van der Waals surface area contributed by atoms with E-state index in [4.69, 9.17) is 4.74 Å². The Labute approximate surface area is 185 Å². The van der Waals surface area contributed by atoms with E-state index in [9.17, 15) is 9.59 Å². The molecule has 0 saturated carbocycles. The first-order valence-corrected chi connectivity index (χ1v) is 11.1. The first-order chi connectivity index (χ1) is 14.5. The van der Waals surface area contributed by atoms with E-state index in [1.54, 1.807) is 18.4 Å². The highest BCUT2D eigenvalue weighted by molar-refractivity contribution is 9.10. The zero-order valence-corrected chi connectivity index (χ0v) is 18.9. The Hall–Kier alpha value is -2.77. The van der Waals surface area contributed by atoms with Crippen molar-refractivity contribution in [1.82, 2.24) is 4.57 Å². The van der Waals surface area contributed by atoms with Crippen LogP contribution >= 0.6 is 27.3 Å². The highest BCUT2D eigenvalue weighted by Crippen LogP contribution is 2.30. The number of thiazole rings is 1. The van der Waals surface area contributed by atoms with Gasteiger partial charge in [0.15, 0.2) is 4.80 Å². The van der Waals surface area contributed by atoms with Gasteiger partial charge < -0.3 is 4.74 Å². The zero-order chi connectivity index (χ0) is 21.3. The van der Waals surface area contributed by atoms with Crippen molar-refractivity contribution in [2.75, 3.05) is 6.61 Å². The Morgan fingerprint density at radius 2 is 2.00 bits per heavy atom. The van der Waals surface area contributed by atoms with E-state index in [0.717, 1.165) is 15.6 Å². The molecule has 0 N–H and O–H groups in total. The second-order valence-corrected chi connectivity index (χ2v) is 8.69. The van der Waals surface area contributed by atoms with E-state index in [0.29, 0.717) is 20.6 Å². The number of carbonyl (C=O) groups excluding carboxylic acids is 1. The molecule has 30 heavy (non-hydrogen) atoms. The van der Waals surface area contributed by atoms with Crippen LogP contribution in [0.4, 0.5) is 0 Å². The third-order valence-electron chi connectivity index (χ3n) is 4.78. The van der Waals surface area contributed by atoms with Gasteiger partial charge in [-0.15, -0.1) is 0 Å². The van der Waals surface area contributed by atoms with Crippen molar-refractivity contribution < 1.29 is 9.53 Å². The largest absolute Gasteiger partial charge is 0.463 e. The second-order valence-electron chi connectivity index (χ2n) is 6.77. The quantitative estimate of drug-likeness (QED) is 0.534. The Kier molecular flexibility index (Phi) is 5.83. The Bertz CT molecular complexity index is 1320. The van der Waals surface area contributed by atoms with E-state index in [1.807, 2.05) is 60.7 Å². The molecule has 0 fully saturated rings. The van der Waals surface area contributed by atoms with Gasteiger partial charge in [0.1, 0.15) is 0 Å². The van der Waals surface area contributed by atoms with Crippen LogP contribution in [0.2, 0.25) is 0 Å². The van der Waals surface area contributed by atoms with Gasteiger partial charge in [-0.05, 0) is 43.2 Å². The summed E-state index contributed by atoms with van der Waals surface area (Å²) in [6, 6.07) is 16.7. The number of fused-ring (bicyclic) bond motifs is 1. The lowest BCUT2D eigenvalue weighted by molar-refractivity contribution is -0.139. The van der Waals surface area contributed by atoms with Gasteiger partial charge in [-0.1, -0.05) is 69.7 Å². The van der Waals surface area contributed by atoms with Crippen molar-refractivity contribution in [3.63, 3.8) is 0 Å². The van der Waals surface area contributed by atoms with Gasteiger partial charge in [-0.2, -0.15) is 0 Å². The van der Waals surface area contributed by atoms with Gasteiger partial charge in [0.25, 0.3) is 5.56 Å².